The Bertz CT molecular complexity index is 1160. The number of amides is 3. The van der Waals surface area contributed by atoms with Gasteiger partial charge in [0.1, 0.15) is 6.04 Å². The second-order valence-electron chi connectivity index (χ2n) is 9.52. The minimum atomic E-state index is -0.937. The molecule has 5 aliphatic rings. The number of likely N-dealkylation sites (tertiary alicyclic amines) is 1. The minimum Gasteiger partial charge on any atom is -0.323 e. The molecule has 0 aromatic heterocycles. The minimum absolute atomic E-state index is 0.118. The number of imide groups is 1. The summed E-state index contributed by atoms with van der Waals surface area (Å²) in [6.07, 6.45) is 5.64. The topological polar surface area (TPSA) is 66.5 Å². The van der Waals surface area contributed by atoms with Gasteiger partial charge in [0, 0.05) is 10.9 Å². The summed E-state index contributed by atoms with van der Waals surface area (Å²) in [6.45, 7) is 0. The first-order chi connectivity index (χ1) is 15.9. The summed E-state index contributed by atoms with van der Waals surface area (Å²) >= 11 is 9.69. The van der Waals surface area contributed by atoms with Gasteiger partial charge in [-0.25, -0.2) is 0 Å². The summed E-state index contributed by atoms with van der Waals surface area (Å²) in [6, 6.07) is 13.7. The predicted octanol–water partition coefficient (Wildman–Crippen LogP) is 4.71. The van der Waals surface area contributed by atoms with Crippen molar-refractivity contribution in [2.75, 3.05) is 5.32 Å². The van der Waals surface area contributed by atoms with E-state index < -0.39 is 11.9 Å². The zero-order chi connectivity index (χ0) is 22.9. The number of allylic oxidation sites excluding steroid dienone is 2. The van der Waals surface area contributed by atoms with E-state index in [9.17, 15) is 14.4 Å². The van der Waals surface area contributed by atoms with Gasteiger partial charge in [0.2, 0.25) is 17.7 Å². The van der Waals surface area contributed by atoms with Crippen molar-refractivity contribution in [1.29, 1.82) is 0 Å². The van der Waals surface area contributed by atoms with Crippen molar-refractivity contribution in [2.45, 2.75) is 18.9 Å². The van der Waals surface area contributed by atoms with Crippen LogP contribution in [0.4, 0.5) is 5.69 Å². The highest BCUT2D eigenvalue weighted by molar-refractivity contribution is 9.10. The van der Waals surface area contributed by atoms with Gasteiger partial charge >= 0.3 is 0 Å². The Morgan fingerprint density at radius 1 is 1.03 bits per heavy atom. The normalized spacial score (nSPS) is 31.9. The molecule has 2 aromatic carbocycles. The molecule has 0 spiro atoms. The molecule has 2 bridgehead atoms. The lowest BCUT2D eigenvalue weighted by molar-refractivity contribution is -0.146. The monoisotopic (exact) mass is 524 g/mol. The van der Waals surface area contributed by atoms with E-state index in [0.717, 1.165) is 16.5 Å². The average molecular weight is 526 g/mol. The van der Waals surface area contributed by atoms with E-state index in [2.05, 4.69) is 33.4 Å². The Kier molecular flexibility index (Phi) is 5.00. The molecule has 1 heterocycles. The summed E-state index contributed by atoms with van der Waals surface area (Å²) in [7, 11) is 0. The highest BCUT2D eigenvalue weighted by Crippen LogP contribution is 2.65. The SMILES string of the molecule is O=C(Nc1ccc(Br)cc1Cl)[C@@H](Cc1ccccc1)N1C(=O)[C@H]2[C@@H]3C=C[C@H]([C@H]4C[C@H]34)[C@@H]2C1=O. The fraction of sp³-hybridized carbons (Fsp3) is 0.346. The van der Waals surface area contributed by atoms with E-state index in [1.54, 1.807) is 18.2 Å². The van der Waals surface area contributed by atoms with E-state index in [4.69, 9.17) is 11.6 Å². The maximum Gasteiger partial charge on any atom is 0.248 e. The molecule has 33 heavy (non-hydrogen) atoms. The number of carbonyl (C=O) groups excluding carboxylic acids is 3. The Morgan fingerprint density at radius 3 is 2.27 bits per heavy atom. The summed E-state index contributed by atoms with van der Waals surface area (Å²) < 4.78 is 0.793. The lowest BCUT2D eigenvalue weighted by Crippen LogP contribution is -2.49. The first-order valence-electron chi connectivity index (χ1n) is 11.3. The Morgan fingerprint density at radius 2 is 1.67 bits per heavy atom. The van der Waals surface area contributed by atoms with Crippen molar-refractivity contribution in [1.82, 2.24) is 4.90 Å². The molecule has 0 unspecified atom stereocenters. The number of benzene rings is 2. The van der Waals surface area contributed by atoms with Gasteiger partial charge in [-0.05, 0) is 53.9 Å². The number of carbonyl (C=O) groups is 3. The van der Waals surface area contributed by atoms with E-state index in [-0.39, 0.29) is 41.9 Å². The van der Waals surface area contributed by atoms with Crippen LogP contribution in [0.5, 0.6) is 0 Å². The predicted molar refractivity (Wildman–Crippen MR) is 128 cm³/mol. The third kappa shape index (κ3) is 3.38. The van der Waals surface area contributed by atoms with Crippen molar-refractivity contribution in [3.8, 4) is 0 Å². The van der Waals surface area contributed by atoms with E-state index in [1.165, 1.54) is 4.90 Å². The van der Waals surface area contributed by atoms with Crippen LogP contribution in [0.2, 0.25) is 5.02 Å². The van der Waals surface area contributed by atoms with Crippen LogP contribution in [0.15, 0.2) is 65.2 Å². The van der Waals surface area contributed by atoms with Gasteiger partial charge in [0.15, 0.2) is 0 Å². The molecule has 7 heteroatoms. The first-order valence-corrected chi connectivity index (χ1v) is 12.5. The highest BCUT2D eigenvalue weighted by Gasteiger charge is 2.67. The molecule has 1 N–H and O–H groups in total. The highest BCUT2D eigenvalue weighted by atomic mass is 79.9. The van der Waals surface area contributed by atoms with Crippen molar-refractivity contribution in [2.24, 2.45) is 35.5 Å². The summed E-state index contributed by atoms with van der Waals surface area (Å²) in [5.74, 6) is -0.214. The van der Waals surface area contributed by atoms with E-state index >= 15 is 0 Å². The molecule has 2 saturated carbocycles. The van der Waals surface area contributed by atoms with Crippen molar-refractivity contribution >= 4 is 50.9 Å². The van der Waals surface area contributed by atoms with E-state index in [0.29, 0.717) is 22.5 Å². The van der Waals surface area contributed by atoms with Gasteiger partial charge in [-0.15, -0.1) is 0 Å². The molecule has 7 atom stereocenters. The van der Waals surface area contributed by atoms with Gasteiger partial charge in [-0.1, -0.05) is 70.0 Å². The number of anilines is 1. The fourth-order valence-corrected chi connectivity index (χ4v) is 6.95. The number of rotatable bonds is 5. The third-order valence-corrected chi connectivity index (χ3v) is 8.58. The number of nitrogens with one attached hydrogen (secondary N) is 1. The van der Waals surface area contributed by atoms with Gasteiger partial charge in [0.05, 0.1) is 22.5 Å². The van der Waals surface area contributed by atoms with Gasteiger partial charge in [-0.2, -0.15) is 0 Å². The largest absolute Gasteiger partial charge is 0.323 e. The quantitative estimate of drug-likeness (QED) is 0.454. The average Bonchev–Trinajstić information content (AvgIpc) is 3.59. The Balaban J connectivity index is 1.34. The molecule has 5 nitrogen and oxygen atoms in total. The molecule has 0 radical (unpaired) electrons. The summed E-state index contributed by atoms with van der Waals surface area (Å²) in [5, 5.41) is 3.24. The molecule has 1 aliphatic heterocycles. The molecule has 2 aromatic rings. The summed E-state index contributed by atoms with van der Waals surface area (Å²) in [4.78, 5) is 42.1. The molecule has 4 aliphatic carbocycles. The van der Waals surface area contributed by atoms with Crippen LogP contribution in [0.25, 0.3) is 0 Å². The Hall–Kier alpha value is -2.44. The molecule has 3 amide bonds. The lowest BCUT2D eigenvalue weighted by atomic mass is 9.63. The number of halogens is 2. The Labute approximate surface area is 205 Å². The maximum atomic E-state index is 13.7. The molecule has 7 rings (SSSR count). The van der Waals surface area contributed by atoms with Crippen molar-refractivity contribution in [3.05, 3.63) is 75.7 Å². The van der Waals surface area contributed by atoms with Crippen LogP contribution in [0.1, 0.15) is 12.0 Å². The lowest BCUT2D eigenvalue weighted by Gasteiger charge is -2.37. The number of hydrogen-bond acceptors (Lipinski definition) is 3. The molecule has 168 valence electrons. The molecular weight excluding hydrogens is 504 g/mol. The van der Waals surface area contributed by atoms with Crippen LogP contribution >= 0.6 is 27.5 Å². The smallest absolute Gasteiger partial charge is 0.248 e. The molecule has 3 fully saturated rings. The second kappa shape index (κ2) is 7.81. The maximum absolute atomic E-state index is 13.7. The zero-order valence-electron chi connectivity index (χ0n) is 17.7. The van der Waals surface area contributed by atoms with Crippen LogP contribution in [0.3, 0.4) is 0 Å². The zero-order valence-corrected chi connectivity index (χ0v) is 20.0. The van der Waals surface area contributed by atoms with Gasteiger partial charge in [-0.3, -0.25) is 19.3 Å². The van der Waals surface area contributed by atoms with Gasteiger partial charge in [0.25, 0.3) is 0 Å². The van der Waals surface area contributed by atoms with Crippen LogP contribution in [0, 0.1) is 35.5 Å². The van der Waals surface area contributed by atoms with Crippen LogP contribution < -0.4 is 5.32 Å². The third-order valence-electron chi connectivity index (χ3n) is 7.77. The second-order valence-corrected chi connectivity index (χ2v) is 10.8. The number of hydrogen-bond donors (Lipinski definition) is 1. The fourth-order valence-electron chi connectivity index (χ4n) is 6.23. The van der Waals surface area contributed by atoms with Gasteiger partial charge < -0.3 is 5.32 Å². The number of nitrogens with zero attached hydrogens (tertiary/aromatic N) is 1. The van der Waals surface area contributed by atoms with Crippen molar-refractivity contribution in [3.63, 3.8) is 0 Å². The van der Waals surface area contributed by atoms with Crippen LogP contribution in [-0.4, -0.2) is 28.7 Å². The molecular formula is C26H22BrClN2O3. The van der Waals surface area contributed by atoms with Crippen molar-refractivity contribution < 1.29 is 14.4 Å². The first kappa shape index (κ1) is 21.1. The van der Waals surface area contributed by atoms with E-state index in [1.807, 2.05) is 30.3 Å². The standard InChI is InChI=1S/C26H22BrClN2O3/c27-14-6-9-20(19(28)11-14)29-24(31)21(10-13-4-2-1-3-5-13)30-25(32)22-15-7-8-16(18-12-17(15)18)23(22)26(30)33/h1-9,11,15-18,21-23H,10,12H2,(H,29,31)/t15-,16-,17-,18-,21-,22+,23+/m1/s1. The summed E-state index contributed by atoms with van der Waals surface area (Å²) in [5.41, 5.74) is 1.33. The molecule has 1 saturated heterocycles. The van der Waals surface area contributed by atoms with Crippen LogP contribution in [-0.2, 0) is 20.8 Å².